The van der Waals surface area contributed by atoms with Crippen LogP contribution < -0.4 is 16.2 Å². The molecule has 0 bridgehead atoms. The highest BCUT2D eigenvalue weighted by molar-refractivity contribution is 5.92. The first-order chi connectivity index (χ1) is 7.75. The minimum Gasteiger partial charge on any atom is -0.371 e. The molecule has 1 aromatic rings. The molecule has 3 nitrogen and oxygen atoms in total. The molecule has 0 unspecified atom stereocenters. The molecule has 2 aliphatic heterocycles. The van der Waals surface area contributed by atoms with Crippen molar-refractivity contribution in [2.24, 2.45) is 5.73 Å². The summed E-state index contributed by atoms with van der Waals surface area (Å²) < 4.78 is 0. The maximum atomic E-state index is 11.2. The summed E-state index contributed by atoms with van der Waals surface area (Å²) >= 11 is 0. The van der Waals surface area contributed by atoms with Crippen molar-refractivity contribution in [3.8, 4) is 0 Å². The standard InChI is InChI=1S/C13H14N2O/c14-13(16)10-4-3-9-5-7-15-6-1-2-12(15)11(9)8-10/h3-5,8H,1-2,6-7H2,(H2,14,16). The van der Waals surface area contributed by atoms with E-state index in [4.69, 9.17) is 5.73 Å². The van der Waals surface area contributed by atoms with E-state index >= 15 is 0 Å². The Morgan fingerprint density at radius 1 is 1.38 bits per heavy atom. The van der Waals surface area contributed by atoms with E-state index in [2.05, 4.69) is 11.0 Å². The van der Waals surface area contributed by atoms with Gasteiger partial charge in [0.1, 0.15) is 0 Å². The lowest BCUT2D eigenvalue weighted by Crippen LogP contribution is -2.38. The van der Waals surface area contributed by atoms with E-state index in [9.17, 15) is 4.79 Å². The van der Waals surface area contributed by atoms with Crippen LogP contribution in [0.3, 0.4) is 0 Å². The molecule has 1 aromatic carbocycles. The van der Waals surface area contributed by atoms with Crippen molar-refractivity contribution in [2.45, 2.75) is 12.8 Å². The number of hydrogen-bond acceptors (Lipinski definition) is 2. The van der Waals surface area contributed by atoms with E-state index < -0.39 is 0 Å². The van der Waals surface area contributed by atoms with Crippen molar-refractivity contribution < 1.29 is 4.79 Å². The molecule has 0 saturated carbocycles. The highest BCUT2D eigenvalue weighted by atomic mass is 16.1. The molecule has 1 saturated heterocycles. The normalized spacial score (nSPS) is 17.8. The minimum absolute atomic E-state index is 0.349. The zero-order chi connectivity index (χ0) is 11.1. The fourth-order valence-corrected chi connectivity index (χ4v) is 2.58. The van der Waals surface area contributed by atoms with Crippen molar-refractivity contribution >= 4 is 17.7 Å². The molecule has 2 heterocycles. The SMILES string of the molecule is NC(=O)c1ccc2c(c1)=C1CCCN1CC=2. The predicted molar refractivity (Wildman–Crippen MR) is 62.9 cm³/mol. The summed E-state index contributed by atoms with van der Waals surface area (Å²) in [6.07, 6.45) is 4.54. The Balaban J connectivity index is 2.30. The second kappa shape index (κ2) is 3.37. The summed E-state index contributed by atoms with van der Waals surface area (Å²) in [6.45, 7) is 2.13. The molecule has 3 heteroatoms. The third-order valence-electron chi connectivity index (χ3n) is 3.40. The average molecular weight is 214 g/mol. The second-order valence-corrected chi connectivity index (χ2v) is 4.37. The number of primary amides is 1. The van der Waals surface area contributed by atoms with Crippen LogP contribution in [0, 0.1) is 0 Å². The van der Waals surface area contributed by atoms with Gasteiger partial charge in [0, 0.05) is 29.6 Å². The first kappa shape index (κ1) is 9.46. The molecule has 0 spiro atoms. The van der Waals surface area contributed by atoms with Gasteiger partial charge in [0.2, 0.25) is 5.91 Å². The van der Waals surface area contributed by atoms with Gasteiger partial charge in [-0.25, -0.2) is 0 Å². The molecule has 1 amide bonds. The fourth-order valence-electron chi connectivity index (χ4n) is 2.58. The zero-order valence-corrected chi connectivity index (χ0v) is 9.07. The number of nitrogens with zero attached hydrogens (tertiary/aromatic N) is 1. The van der Waals surface area contributed by atoms with Crippen LogP contribution in [0.2, 0.25) is 0 Å². The average Bonchev–Trinajstić information content (AvgIpc) is 2.76. The van der Waals surface area contributed by atoms with Gasteiger partial charge in [-0.05, 0) is 30.2 Å². The van der Waals surface area contributed by atoms with Gasteiger partial charge in [-0.2, -0.15) is 0 Å². The number of amides is 1. The molecule has 1 fully saturated rings. The largest absolute Gasteiger partial charge is 0.371 e. The zero-order valence-electron chi connectivity index (χ0n) is 9.07. The van der Waals surface area contributed by atoms with Crippen LogP contribution in [0.4, 0.5) is 0 Å². The van der Waals surface area contributed by atoms with Gasteiger partial charge < -0.3 is 10.6 Å². The summed E-state index contributed by atoms with van der Waals surface area (Å²) in [5, 5.41) is 2.43. The number of rotatable bonds is 1. The molecule has 2 aliphatic rings. The van der Waals surface area contributed by atoms with E-state index in [0.717, 1.165) is 19.5 Å². The first-order valence-corrected chi connectivity index (χ1v) is 5.64. The molecule has 0 aliphatic carbocycles. The quantitative estimate of drug-likeness (QED) is 0.702. The number of hydrogen-bond donors (Lipinski definition) is 1. The molecule has 0 radical (unpaired) electrons. The van der Waals surface area contributed by atoms with E-state index in [1.165, 1.54) is 22.6 Å². The Labute approximate surface area is 93.9 Å². The van der Waals surface area contributed by atoms with Crippen LogP contribution in [0.1, 0.15) is 23.2 Å². The lowest BCUT2D eigenvalue weighted by atomic mass is 10.1. The van der Waals surface area contributed by atoms with Gasteiger partial charge in [0.05, 0.1) is 0 Å². The monoisotopic (exact) mass is 214 g/mol. The van der Waals surface area contributed by atoms with Crippen molar-refractivity contribution in [3.05, 3.63) is 34.2 Å². The van der Waals surface area contributed by atoms with Crippen molar-refractivity contribution in [1.82, 2.24) is 4.90 Å². The Morgan fingerprint density at radius 2 is 2.25 bits per heavy atom. The molecule has 82 valence electrons. The molecule has 0 aromatic heterocycles. The van der Waals surface area contributed by atoms with Gasteiger partial charge in [-0.15, -0.1) is 0 Å². The van der Waals surface area contributed by atoms with E-state index in [0.29, 0.717) is 5.56 Å². The van der Waals surface area contributed by atoms with Crippen LogP contribution in [0.25, 0.3) is 11.8 Å². The molecular weight excluding hydrogens is 200 g/mol. The lowest BCUT2D eigenvalue weighted by molar-refractivity contribution is 0.1000. The van der Waals surface area contributed by atoms with Gasteiger partial charge in [0.25, 0.3) is 0 Å². The van der Waals surface area contributed by atoms with Crippen LogP contribution in [-0.2, 0) is 0 Å². The Morgan fingerprint density at radius 3 is 3.06 bits per heavy atom. The summed E-state index contributed by atoms with van der Waals surface area (Å²) in [5.41, 5.74) is 7.29. The molecule has 2 N–H and O–H groups in total. The van der Waals surface area contributed by atoms with Crippen LogP contribution in [0.15, 0.2) is 18.2 Å². The van der Waals surface area contributed by atoms with Crippen molar-refractivity contribution in [3.63, 3.8) is 0 Å². The first-order valence-electron chi connectivity index (χ1n) is 5.64. The van der Waals surface area contributed by atoms with Crippen molar-refractivity contribution in [1.29, 1.82) is 0 Å². The molecule has 0 atom stereocenters. The second-order valence-electron chi connectivity index (χ2n) is 4.37. The Kier molecular flexibility index (Phi) is 1.99. The number of carbonyl (C=O) groups is 1. The maximum Gasteiger partial charge on any atom is 0.248 e. The highest BCUT2D eigenvalue weighted by Crippen LogP contribution is 2.21. The fraction of sp³-hybridized carbons (Fsp3) is 0.308. The number of benzene rings is 1. The van der Waals surface area contributed by atoms with Crippen LogP contribution in [0.5, 0.6) is 0 Å². The Hall–Kier alpha value is -1.77. The third-order valence-corrected chi connectivity index (χ3v) is 3.40. The number of carbonyl (C=O) groups excluding carboxylic acids is 1. The van der Waals surface area contributed by atoms with E-state index in [1.807, 2.05) is 18.2 Å². The number of fused-ring (bicyclic) bond motifs is 2. The van der Waals surface area contributed by atoms with Gasteiger partial charge >= 0.3 is 0 Å². The maximum absolute atomic E-state index is 11.2. The van der Waals surface area contributed by atoms with Gasteiger partial charge in [0.15, 0.2) is 0 Å². The smallest absolute Gasteiger partial charge is 0.248 e. The minimum atomic E-state index is -0.349. The summed E-state index contributed by atoms with van der Waals surface area (Å²) in [6, 6.07) is 5.74. The number of nitrogens with two attached hydrogens (primary N) is 1. The summed E-state index contributed by atoms with van der Waals surface area (Å²) in [7, 11) is 0. The third kappa shape index (κ3) is 1.32. The predicted octanol–water partition coefficient (Wildman–Crippen LogP) is -0.216. The Bertz CT molecular complexity index is 574. The lowest BCUT2D eigenvalue weighted by Gasteiger charge is -2.21. The van der Waals surface area contributed by atoms with Gasteiger partial charge in [-0.3, -0.25) is 4.79 Å². The van der Waals surface area contributed by atoms with Crippen molar-refractivity contribution in [2.75, 3.05) is 13.1 Å². The molecule has 3 rings (SSSR count). The molecular formula is C13H14N2O. The topological polar surface area (TPSA) is 46.3 Å². The van der Waals surface area contributed by atoms with E-state index in [-0.39, 0.29) is 5.91 Å². The highest BCUT2D eigenvalue weighted by Gasteiger charge is 2.19. The van der Waals surface area contributed by atoms with Crippen LogP contribution in [-0.4, -0.2) is 23.9 Å². The van der Waals surface area contributed by atoms with E-state index in [1.54, 1.807) is 0 Å². The van der Waals surface area contributed by atoms with Gasteiger partial charge in [-0.1, -0.05) is 12.1 Å². The summed E-state index contributed by atoms with van der Waals surface area (Å²) in [5.74, 6) is -0.349. The summed E-state index contributed by atoms with van der Waals surface area (Å²) in [4.78, 5) is 13.6. The van der Waals surface area contributed by atoms with Crippen LogP contribution >= 0.6 is 0 Å². The molecule has 16 heavy (non-hydrogen) atoms.